The van der Waals surface area contributed by atoms with Crippen molar-refractivity contribution >= 4 is 66.3 Å². The molecule has 44 heavy (non-hydrogen) atoms. The first-order valence-corrected chi connectivity index (χ1v) is 18.1. The number of thiophene rings is 2. The lowest BCUT2D eigenvalue weighted by Crippen LogP contribution is -2.00. The smallest absolute Gasteiger partial charge is 0.345 e. The van der Waals surface area contributed by atoms with E-state index in [1.165, 1.54) is 86.6 Å². The number of carbonyl (C=O) groups excluding carboxylic acids is 1. The molecule has 0 aliphatic heterocycles. The maximum absolute atomic E-state index is 12.4. The number of carboxylic acid groups (broad SMARTS) is 1. The topological polar surface area (TPSA) is 80.4 Å². The summed E-state index contributed by atoms with van der Waals surface area (Å²) in [5, 5.41) is 8.74. The van der Waals surface area contributed by atoms with Crippen LogP contribution in [0.4, 0.5) is 0 Å². The zero-order valence-electron chi connectivity index (χ0n) is 24.8. The van der Waals surface area contributed by atoms with Crippen LogP contribution in [0, 0.1) is 13.8 Å². The second-order valence-electron chi connectivity index (χ2n) is 11.1. The number of nitrogens with two attached hydrogens (primary N) is 1. The largest absolute Gasteiger partial charge is 0.477 e. The normalized spacial score (nSPS) is 13.2. The van der Waals surface area contributed by atoms with Crippen LogP contribution in [0.2, 0.25) is 0 Å². The molecule has 4 aromatic rings. The van der Waals surface area contributed by atoms with Gasteiger partial charge in [-0.1, -0.05) is 51.4 Å². The van der Waals surface area contributed by atoms with Gasteiger partial charge >= 0.3 is 5.97 Å². The van der Waals surface area contributed by atoms with E-state index >= 15 is 0 Å². The number of carboxylic acids is 1. The number of Topliss-reactive ketones (excluding diaryl/α,β-unsaturated/α-hetero) is 1. The maximum Gasteiger partial charge on any atom is 0.345 e. The van der Waals surface area contributed by atoms with Gasteiger partial charge in [-0.15, -0.1) is 22.7 Å². The van der Waals surface area contributed by atoms with Gasteiger partial charge in [-0.2, -0.15) is 0 Å². The lowest BCUT2D eigenvalue weighted by atomic mass is 9.98. The van der Waals surface area contributed by atoms with Crippen molar-refractivity contribution in [3.8, 4) is 0 Å². The summed E-state index contributed by atoms with van der Waals surface area (Å²) in [7, 11) is 0. The molecule has 0 unspecified atom stereocenters. The van der Waals surface area contributed by atoms with Gasteiger partial charge in [0.1, 0.15) is 4.88 Å². The Balaban J connectivity index is 0.000000196. The van der Waals surface area contributed by atoms with E-state index < -0.39 is 5.97 Å². The SMILES string of the molecule is C.Cc1cc(Br)ccc1CCC(=O)c1cc2c(s1)CCCC2.Cc1cc(Br)ccc1CN.O=C(O)c1cc2c(s1)CCCC2. The monoisotopic (exact) mass is 759 g/mol. The molecule has 0 spiro atoms. The molecule has 2 aliphatic carbocycles. The maximum atomic E-state index is 12.4. The van der Waals surface area contributed by atoms with Crippen molar-refractivity contribution < 1.29 is 14.7 Å². The van der Waals surface area contributed by atoms with E-state index in [0.29, 0.717) is 23.6 Å². The molecule has 3 N–H and O–H groups in total. The number of halogens is 2. The highest BCUT2D eigenvalue weighted by Gasteiger charge is 2.18. The molecular formula is C36H43Br2NO3S2. The first-order chi connectivity index (χ1) is 20.6. The lowest BCUT2D eigenvalue weighted by molar-refractivity contribution is 0.0701. The molecule has 0 amide bonds. The van der Waals surface area contributed by atoms with Crippen LogP contribution in [0.15, 0.2) is 57.5 Å². The second-order valence-corrected chi connectivity index (χ2v) is 15.2. The van der Waals surface area contributed by atoms with E-state index in [1.54, 1.807) is 11.3 Å². The Morgan fingerprint density at radius 2 is 1.23 bits per heavy atom. The lowest BCUT2D eigenvalue weighted by Gasteiger charge is -2.08. The van der Waals surface area contributed by atoms with E-state index in [0.717, 1.165) is 39.5 Å². The van der Waals surface area contributed by atoms with Crippen LogP contribution in [-0.2, 0) is 38.6 Å². The number of ketones is 1. The first kappa shape index (κ1) is 36.4. The van der Waals surface area contributed by atoms with Crippen LogP contribution in [0.1, 0.15) is 102 Å². The van der Waals surface area contributed by atoms with Gasteiger partial charge in [0.2, 0.25) is 0 Å². The fourth-order valence-corrected chi connectivity index (χ4v) is 8.69. The zero-order chi connectivity index (χ0) is 30.9. The molecule has 2 heterocycles. The zero-order valence-corrected chi connectivity index (χ0v) is 29.6. The third-order valence-electron chi connectivity index (χ3n) is 7.93. The Hall–Kier alpha value is -2.10. The summed E-state index contributed by atoms with van der Waals surface area (Å²) < 4.78 is 2.21. The average molecular weight is 762 g/mol. The average Bonchev–Trinajstić information content (AvgIpc) is 3.62. The number of aromatic carboxylic acids is 1. The Kier molecular flexibility index (Phi) is 14.5. The molecule has 0 fully saturated rings. The van der Waals surface area contributed by atoms with E-state index in [-0.39, 0.29) is 7.43 Å². The molecular weight excluding hydrogens is 718 g/mol. The van der Waals surface area contributed by atoms with Gasteiger partial charge < -0.3 is 10.8 Å². The van der Waals surface area contributed by atoms with Crippen LogP contribution in [0.3, 0.4) is 0 Å². The molecule has 4 nitrogen and oxygen atoms in total. The molecule has 0 radical (unpaired) electrons. The van der Waals surface area contributed by atoms with Gasteiger partial charge in [0.25, 0.3) is 0 Å². The fraction of sp³-hybridized carbons (Fsp3) is 0.389. The van der Waals surface area contributed by atoms with Crippen LogP contribution in [-0.4, -0.2) is 16.9 Å². The Bertz CT molecular complexity index is 1530. The van der Waals surface area contributed by atoms with E-state index in [2.05, 4.69) is 76.0 Å². The van der Waals surface area contributed by atoms with E-state index in [4.69, 9.17) is 10.8 Å². The predicted octanol–water partition coefficient (Wildman–Crippen LogP) is 10.7. The van der Waals surface area contributed by atoms with Crippen molar-refractivity contribution in [3.63, 3.8) is 0 Å². The third kappa shape index (κ3) is 10.2. The Morgan fingerprint density at radius 1 is 0.750 bits per heavy atom. The molecule has 8 heteroatoms. The third-order valence-corrected chi connectivity index (χ3v) is 11.4. The van der Waals surface area contributed by atoms with Gasteiger partial charge in [-0.05, 0) is 141 Å². The van der Waals surface area contributed by atoms with Crippen molar-refractivity contribution in [2.45, 2.75) is 92.0 Å². The summed E-state index contributed by atoms with van der Waals surface area (Å²) in [5.74, 6) is -0.480. The van der Waals surface area contributed by atoms with Crippen molar-refractivity contribution in [1.29, 1.82) is 0 Å². The van der Waals surface area contributed by atoms with Gasteiger partial charge in [0.05, 0.1) is 4.88 Å². The van der Waals surface area contributed by atoms with Crippen molar-refractivity contribution in [2.75, 3.05) is 0 Å². The molecule has 236 valence electrons. The summed E-state index contributed by atoms with van der Waals surface area (Å²) in [5.41, 5.74) is 13.2. The highest BCUT2D eigenvalue weighted by Crippen LogP contribution is 2.31. The number of benzene rings is 2. The van der Waals surface area contributed by atoms with Gasteiger partial charge in [-0.25, -0.2) is 4.79 Å². The number of carbonyl (C=O) groups is 2. The van der Waals surface area contributed by atoms with Crippen LogP contribution in [0.25, 0.3) is 0 Å². The predicted molar refractivity (Wildman–Crippen MR) is 194 cm³/mol. The highest BCUT2D eigenvalue weighted by molar-refractivity contribution is 9.10. The van der Waals surface area contributed by atoms with Gasteiger partial charge in [-0.3, -0.25) is 4.79 Å². The Morgan fingerprint density at radius 3 is 1.70 bits per heavy atom. The number of hydrogen-bond donors (Lipinski definition) is 2. The minimum absolute atomic E-state index is 0. The van der Waals surface area contributed by atoms with Gasteiger partial charge in [0, 0.05) is 31.7 Å². The molecule has 0 saturated heterocycles. The van der Waals surface area contributed by atoms with E-state index in [9.17, 15) is 9.59 Å². The van der Waals surface area contributed by atoms with E-state index in [1.807, 2.05) is 18.2 Å². The summed E-state index contributed by atoms with van der Waals surface area (Å²) in [6, 6.07) is 16.4. The minimum atomic E-state index is -0.783. The number of hydrogen-bond acceptors (Lipinski definition) is 5. The molecule has 6 rings (SSSR count). The standard InChI is InChI=1S/C18H19BrOS.C9H10O2S.C8H10BrN.CH4/c1-12-10-15(19)8-6-13(12)7-9-16(20)18-11-14-4-2-3-5-17(14)21-18;10-9(11)8-5-6-3-1-2-4-7(6)12-8;1-6-4-8(9)3-2-7(6)5-10;/h6,8,10-11H,2-5,7,9H2,1H3;5H,1-4H2,(H,10,11);2-4H,5,10H2,1H3;1H4. The summed E-state index contributed by atoms with van der Waals surface area (Å²) in [6.45, 7) is 4.79. The summed E-state index contributed by atoms with van der Waals surface area (Å²) in [4.78, 5) is 27.3. The Labute approximate surface area is 287 Å². The summed E-state index contributed by atoms with van der Waals surface area (Å²) in [6.07, 6.45) is 10.9. The quantitative estimate of drug-likeness (QED) is 0.192. The second kappa shape index (κ2) is 17.6. The van der Waals surface area contributed by atoms with Gasteiger partial charge in [0.15, 0.2) is 5.78 Å². The van der Waals surface area contributed by atoms with Crippen LogP contribution >= 0.6 is 54.5 Å². The van der Waals surface area contributed by atoms with Crippen molar-refractivity contribution in [2.24, 2.45) is 5.73 Å². The molecule has 2 aliphatic rings. The molecule has 2 aromatic heterocycles. The van der Waals surface area contributed by atoms with Crippen LogP contribution < -0.4 is 5.73 Å². The van der Waals surface area contributed by atoms with Crippen molar-refractivity contribution in [1.82, 2.24) is 0 Å². The van der Waals surface area contributed by atoms with Crippen molar-refractivity contribution in [3.05, 3.63) is 110 Å². The minimum Gasteiger partial charge on any atom is -0.477 e. The fourth-order valence-electron chi connectivity index (χ4n) is 5.42. The molecule has 2 aromatic carbocycles. The molecule has 0 saturated carbocycles. The number of fused-ring (bicyclic) bond motifs is 2. The molecule has 0 bridgehead atoms. The highest BCUT2D eigenvalue weighted by atomic mass is 79.9. The summed E-state index contributed by atoms with van der Waals surface area (Å²) >= 11 is 10.0. The number of rotatable bonds is 6. The van der Waals surface area contributed by atoms with Crippen LogP contribution in [0.5, 0.6) is 0 Å². The first-order valence-electron chi connectivity index (χ1n) is 14.8. The number of aryl methyl sites for hydroxylation is 7. The molecule has 0 atom stereocenters.